The van der Waals surface area contributed by atoms with Gasteiger partial charge in [0, 0.05) is 12.7 Å². The smallest absolute Gasteiger partial charge is 0.335 e. The second-order valence-electron chi connectivity index (χ2n) is 3.06. The minimum Gasteiger partial charge on any atom is -0.492 e. The first-order valence-electron chi connectivity index (χ1n) is 4.76. The Morgan fingerprint density at radius 3 is 2.81 bits per heavy atom. The van der Waals surface area contributed by atoms with Crippen LogP contribution in [0.15, 0.2) is 18.2 Å². The SMILES string of the molecule is CCOc1ccc(N(C)C(=O)NN)cc1Cl. The Morgan fingerprint density at radius 2 is 2.31 bits per heavy atom. The minimum atomic E-state index is -0.416. The van der Waals surface area contributed by atoms with Crippen molar-refractivity contribution >= 4 is 23.3 Å². The molecule has 0 aliphatic carbocycles. The van der Waals surface area contributed by atoms with Crippen molar-refractivity contribution in [2.75, 3.05) is 18.6 Å². The quantitative estimate of drug-likeness (QED) is 0.483. The van der Waals surface area contributed by atoms with Gasteiger partial charge in [-0.2, -0.15) is 0 Å². The van der Waals surface area contributed by atoms with E-state index in [1.165, 1.54) is 4.90 Å². The summed E-state index contributed by atoms with van der Waals surface area (Å²) < 4.78 is 5.28. The van der Waals surface area contributed by atoms with Gasteiger partial charge in [-0.05, 0) is 25.1 Å². The van der Waals surface area contributed by atoms with Gasteiger partial charge in [-0.1, -0.05) is 11.6 Å². The molecule has 88 valence electrons. The largest absolute Gasteiger partial charge is 0.492 e. The zero-order valence-electron chi connectivity index (χ0n) is 9.16. The predicted octanol–water partition coefficient (Wildman–Crippen LogP) is 1.76. The highest BCUT2D eigenvalue weighted by Crippen LogP contribution is 2.28. The number of rotatable bonds is 3. The van der Waals surface area contributed by atoms with E-state index in [0.29, 0.717) is 23.1 Å². The van der Waals surface area contributed by atoms with E-state index in [4.69, 9.17) is 22.2 Å². The van der Waals surface area contributed by atoms with Gasteiger partial charge < -0.3 is 4.74 Å². The van der Waals surface area contributed by atoms with Crippen LogP contribution in [0.25, 0.3) is 0 Å². The molecule has 0 saturated carbocycles. The van der Waals surface area contributed by atoms with Gasteiger partial charge >= 0.3 is 6.03 Å². The first-order chi connectivity index (χ1) is 7.60. The van der Waals surface area contributed by atoms with Crippen molar-refractivity contribution in [2.24, 2.45) is 5.84 Å². The average Bonchev–Trinajstić information content (AvgIpc) is 2.30. The first-order valence-corrected chi connectivity index (χ1v) is 5.14. The van der Waals surface area contributed by atoms with E-state index >= 15 is 0 Å². The summed E-state index contributed by atoms with van der Waals surface area (Å²) in [5.74, 6) is 5.62. The lowest BCUT2D eigenvalue weighted by molar-refractivity contribution is 0.247. The molecule has 1 aromatic carbocycles. The lowest BCUT2D eigenvalue weighted by Gasteiger charge is -2.17. The number of hydrogen-bond acceptors (Lipinski definition) is 3. The number of nitrogens with zero attached hydrogens (tertiary/aromatic N) is 1. The van der Waals surface area contributed by atoms with Crippen molar-refractivity contribution < 1.29 is 9.53 Å². The van der Waals surface area contributed by atoms with Gasteiger partial charge in [0.05, 0.1) is 11.6 Å². The molecular formula is C10H14ClN3O2. The molecule has 1 rings (SSSR count). The average molecular weight is 244 g/mol. The molecule has 2 amide bonds. The lowest BCUT2D eigenvalue weighted by Crippen LogP contribution is -2.41. The van der Waals surface area contributed by atoms with Crippen LogP contribution in [-0.4, -0.2) is 19.7 Å². The number of amides is 2. The van der Waals surface area contributed by atoms with Gasteiger partial charge in [-0.25, -0.2) is 10.6 Å². The Kier molecular flexibility index (Phi) is 4.39. The fourth-order valence-electron chi connectivity index (χ4n) is 1.19. The number of nitrogens with one attached hydrogen (secondary N) is 1. The molecule has 0 aliphatic heterocycles. The fraction of sp³-hybridized carbons (Fsp3) is 0.300. The maximum Gasteiger partial charge on any atom is 0.335 e. The topological polar surface area (TPSA) is 67.6 Å². The number of carbonyl (C=O) groups is 1. The van der Waals surface area contributed by atoms with Gasteiger partial charge in [-0.3, -0.25) is 10.3 Å². The third kappa shape index (κ3) is 2.77. The maximum absolute atomic E-state index is 11.2. The van der Waals surface area contributed by atoms with Gasteiger partial charge in [0.25, 0.3) is 0 Å². The molecule has 0 aliphatic rings. The number of nitrogens with two attached hydrogens (primary N) is 1. The summed E-state index contributed by atoms with van der Waals surface area (Å²) in [6, 6.07) is 4.66. The summed E-state index contributed by atoms with van der Waals surface area (Å²) >= 11 is 5.99. The number of anilines is 1. The summed E-state index contributed by atoms with van der Waals surface area (Å²) in [5.41, 5.74) is 2.67. The van der Waals surface area contributed by atoms with E-state index in [1.807, 2.05) is 12.3 Å². The molecule has 0 bridgehead atoms. The van der Waals surface area contributed by atoms with Crippen LogP contribution in [0.1, 0.15) is 6.92 Å². The zero-order chi connectivity index (χ0) is 12.1. The lowest BCUT2D eigenvalue weighted by atomic mass is 10.3. The van der Waals surface area contributed by atoms with Crippen LogP contribution in [0.3, 0.4) is 0 Å². The van der Waals surface area contributed by atoms with Gasteiger partial charge in [0.15, 0.2) is 0 Å². The summed E-state index contributed by atoms with van der Waals surface area (Å²) in [6.45, 7) is 2.41. The van der Waals surface area contributed by atoms with Crippen molar-refractivity contribution in [3.8, 4) is 5.75 Å². The molecule has 3 N–H and O–H groups in total. The number of hydrogen-bond donors (Lipinski definition) is 2. The Labute approximate surface area is 99.1 Å². The normalized spacial score (nSPS) is 9.75. The minimum absolute atomic E-state index is 0.416. The number of ether oxygens (including phenoxy) is 1. The second-order valence-corrected chi connectivity index (χ2v) is 3.46. The zero-order valence-corrected chi connectivity index (χ0v) is 9.91. The molecule has 1 aromatic rings. The number of carbonyl (C=O) groups excluding carboxylic acids is 1. The summed E-state index contributed by atoms with van der Waals surface area (Å²) in [7, 11) is 1.59. The monoisotopic (exact) mass is 243 g/mol. The highest BCUT2D eigenvalue weighted by molar-refractivity contribution is 6.32. The molecule has 0 radical (unpaired) electrons. The molecule has 5 nitrogen and oxygen atoms in total. The van der Waals surface area contributed by atoms with E-state index < -0.39 is 6.03 Å². The fourth-order valence-corrected chi connectivity index (χ4v) is 1.41. The van der Waals surface area contributed by atoms with Crippen LogP contribution in [0.2, 0.25) is 5.02 Å². The third-order valence-corrected chi connectivity index (χ3v) is 2.33. The summed E-state index contributed by atoms with van der Waals surface area (Å²) in [5, 5.41) is 0.455. The molecule has 0 unspecified atom stereocenters. The molecule has 0 fully saturated rings. The highest BCUT2D eigenvalue weighted by atomic mass is 35.5. The molecule has 0 saturated heterocycles. The second kappa shape index (κ2) is 5.58. The maximum atomic E-state index is 11.2. The Morgan fingerprint density at radius 1 is 1.62 bits per heavy atom. The van der Waals surface area contributed by atoms with Crippen LogP contribution in [-0.2, 0) is 0 Å². The molecule has 0 atom stereocenters. The number of urea groups is 1. The highest BCUT2D eigenvalue weighted by Gasteiger charge is 2.11. The Hall–Kier alpha value is -1.46. The van der Waals surface area contributed by atoms with Crippen LogP contribution >= 0.6 is 11.6 Å². The number of hydrazine groups is 1. The first kappa shape index (κ1) is 12.6. The summed E-state index contributed by atoms with van der Waals surface area (Å²) in [6.07, 6.45) is 0. The van der Waals surface area contributed by atoms with Gasteiger partial charge in [0.2, 0.25) is 0 Å². The number of halogens is 1. The van der Waals surface area contributed by atoms with Crippen molar-refractivity contribution in [1.82, 2.24) is 5.43 Å². The Bertz CT molecular complexity index is 384. The van der Waals surface area contributed by atoms with E-state index in [2.05, 4.69) is 0 Å². The predicted molar refractivity (Wildman–Crippen MR) is 63.7 cm³/mol. The van der Waals surface area contributed by atoms with Gasteiger partial charge in [0.1, 0.15) is 5.75 Å². The van der Waals surface area contributed by atoms with Crippen molar-refractivity contribution in [3.63, 3.8) is 0 Å². The van der Waals surface area contributed by atoms with Crippen molar-refractivity contribution in [2.45, 2.75) is 6.92 Å². The summed E-state index contributed by atoms with van der Waals surface area (Å²) in [4.78, 5) is 12.6. The van der Waals surface area contributed by atoms with Crippen LogP contribution in [0, 0.1) is 0 Å². The van der Waals surface area contributed by atoms with Crippen LogP contribution < -0.4 is 20.9 Å². The van der Waals surface area contributed by atoms with Crippen molar-refractivity contribution in [3.05, 3.63) is 23.2 Å². The van der Waals surface area contributed by atoms with Crippen molar-refractivity contribution in [1.29, 1.82) is 0 Å². The van der Waals surface area contributed by atoms with Gasteiger partial charge in [-0.15, -0.1) is 0 Å². The molecule has 0 heterocycles. The molecule has 16 heavy (non-hydrogen) atoms. The molecular weight excluding hydrogens is 230 g/mol. The van der Waals surface area contributed by atoms with E-state index in [1.54, 1.807) is 25.2 Å². The van der Waals surface area contributed by atoms with E-state index in [-0.39, 0.29) is 0 Å². The van der Waals surface area contributed by atoms with E-state index in [9.17, 15) is 4.79 Å². The number of benzene rings is 1. The Balaban J connectivity index is 2.92. The molecule has 0 aromatic heterocycles. The molecule has 0 spiro atoms. The molecule has 6 heteroatoms. The van der Waals surface area contributed by atoms with Crippen LogP contribution in [0.4, 0.5) is 10.5 Å². The van der Waals surface area contributed by atoms with Crippen LogP contribution in [0.5, 0.6) is 5.75 Å². The standard InChI is InChI=1S/C10H14ClN3O2/c1-3-16-9-5-4-7(6-8(9)11)14(2)10(15)13-12/h4-6H,3,12H2,1-2H3,(H,13,15). The third-order valence-electron chi connectivity index (χ3n) is 2.03. The van der Waals surface area contributed by atoms with E-state index in [0.717, 1.165) is 0 Å².